The van der Waals surface area contributed by atoms with Crippen molar-refractivity contribution >= 4 is 69.5 Å². The second-order valence-electron chi connectivity index (χ2n) is 16.0. The summed E-state index contributed by atoms with van der Waals surface area (Å²) in [4.78, 5) is 108. The number of piperazine rings is 1. The Labute approximate surface area is 351 Å². The van der Waals surface area contributed by atoms with Crippen LogP contribution in [0.1, 0.15) is 101 Å². The highest BCUT2D eigenvalue weighted by molar-refractivity contribution is 6.25. The predicted octanol–water partition coefficient (Wildman–Crippen LogP) is 3.09. The predicted molar refractivity (Wildman–Crippen MR) is 226 cm³/mol. The molecule has 3 fully saturated rings. The van der Waals surface area contributed by atoms with Crippen molar-refractivity contribution in [2.45, 2.75) is 77.3 Å². The van der Waals surface area contributed by atoms with Crippen LogP contribution in [0.4, 0.5) is 23.1 Å². The van der Waals surface area contributed by atoms with Crippen LogP contribution in [0.2, 0.25) is 0 Å². The summed E-state index contributed by atoms with van der Waals surface area (Å²) in [5, 5.41) is 12.3. The number of imide groups is 2. The second kappa shape index (κ2) is 17.6. The molecule has 318 valence electrons. The van der Waals surface area contributed by atoms with E-state index in [2.05, 4.69) is 41.0 Å². The van der Waals surface area contributed by atoms with Crippen molar-refractivity contribution in [2.75, 3.05) is 61.3 Å². The van der Waals surface area contributed by atoms with Crippen LogP contribution in [0.5, 0.6) is 0 Å². The zero-order valence-corrected chi connectivity index (χ0v) is 34.3. The first kappa shape index (κ1) is 41.2. The lowest BCUT2D eigenvalue weighted by Crippen LogP contribution is -2.54. The summed E-state index contributed by atoms with van der Waals surface area (Å²) in [5.41, 5.74) is 2.91. The second-order valence-corrected chi connectivity index (χ2v) is 16.0. The third kappa shape index (κ3) is 8.44. The number of anilines is 4. The molecule has 8 rings (SSSR count). The van der Waals surface area contributed by atoms with Gasteiger partial charge in [-0.15, -0.1) is 0 Å². The highest BCUT2D eigenvalue weighted by Gasteiger charge is 2.45. The number of Topliss-reactive ketones (excluding diaryl/α,β-unsaturated/α-hetero) is 1. The van der Waals surface area contributed by atoms with Gasteiger partial charge in [-0.3, -0.25) is 53.2 Å². The molecule has 1 aliphatic carbocycles. The number of ketones is 1. The Morgan fingerprint density at radius 2 is 1.66 bits per heavy atom. The number of nitrogens with one attached hydrogen (secondary N) is 4. The monoisotopic (exact) mass is 831 g/mol. The summed E-state index contributed by atoms with van der Waals surface area (Å²) < 4.78 is 1.69. The summed E-state index contributed by atoms with van der Waals surface area (Å²) >= 11 is 0. The van der Waals surface area contributed by atoms with E-state index in [1.807, 2.05) is 12.1 Å². The average molecular weight is 832 g/mol. The van der Waals surface area contributed by atoms with E-state index in [4.69, 9.17) is 4.98 Å². The molecule has 18 heteroatoms. The molecule has 4 aromatic rings. The lowest BCUT2D eigenvalue weighted by atomic mass is 10.0. The molecule has 61 heavy (non-hydrogen) atoms. The minimum absolute atomic E-state index is 0.0121. The van der Waals surface area contributed by atoms with E-state index in [1.165, 1.54) is 6.92 Å². The fourth-order valence-corrected chi connectivity index (χ4v) is 8.86. The number of aromatic nitrogens is 4. The van der Waals surface area contributed by atoms with Crippen LogP contribution >= 0.6 is 0 Å². The molecular formula is C43H49N11O7. The van der Waals surface area contributed by atoms with Crippen LogP contribution in [0.3, 0.4) is 0 Å². The van der Waals surface area contributed by atoms with E-state index in [0.29, 0.717) is 79.6 Å². The van der Waals surface area contributed by atoms with E-state index < -0.39 is 29.7 Å². The van der Waals surface area contributed by atoms with Gasteiger partial charge in [-0.25, -0.2) is 9.97 Å². The normalized spacial score (nSPS) is 18.4. The summed E-state index contributed by atoms with van der Waals surface area (Å²) in [7, 11) is 0. The van der Waals surface area contributed by atoms with E-state index in [9.17, 15) is 33.6 Å². The molecule has 0 bridgehead atoms. The Bertz CT molecular complexity index is 2470. The SMILES string of the molecule is CC(=O)c1c(C)c2cnc(Nc3ccc(N4CCN(CC(=O)NCCCCNc5cccc6c5C(=O)N(C5CCC(=O)NC5=O)C6=O)CC4)cn3)nc2n(C2CCCC2)c1=O. The Balaban J connectivity index is 0.771. The van der Waals surface area contributed by atoms with Crippen LogP contribution in [-0.2, 0) is 14.4 Å². The number of aryl methyl sites for hydroxylation is 1. The van der Waals surface area contributed by atoms with Crippen molar-refractivity contribution < 1.29 is 28.8 Å². The van der Waals surface area contributed by atoms with Crippen molar-refractivity contribution in [2.24, 2.45) is 0 Å². The lowest BCUT2D eigenvalue weighted by molar-refractivity contribution is -0.136. The molecule has 0 radical (unpaired) electrons. The number of pyridine rings is 2. The number of hydrogen-bond acceptors (Lipinski definition) is 14. The topological polar surface area (TPSA) is 221 Å². The quantitative estimate of drug-likeness (QED) is 0.0816. The Morgan fingerprint density at radius 3 is 2.38 bits per heavy atom. The van der Waals surface area contributed by atoms with Crippen molar-refractivity contribution in [3.8, 4) is 0 Å². The molecular weight excluding hydrogens is 783 g/mol. The number of nitrogens with zero attached hydrogens (tertiary/aromatic N) is 7. The Morgan fingerprint density at radius 1 is 0.885 bits per heavy atom. The molecule has 3 aliphatic heterocycles. The number of fused-ring (bicyclic) bond motifs is 2. The summed E-state index contributed by atoms with van der Waals surface area (Å²) in [6.45, 7) is 7.35. The maximum atomic E-state index is 13.6. The zero-order chi connectivity index (χ0) is 42.8. The van der Waals surface area contributed by atoms with Crippen LogP contribution in [0.15, 0.2) is 47.5 Å². The van der Waals surface area contributed by atoms with E-state index in [-0.39, 0.29) is 52.8 Å². The van der Waals surface area contributed by atoms with Crippen molar-refractivity contribution in [3.05, 3.63) is 75.3 Å². The summed E-state index contributed by atoms with van der Waals surface area (Å²) in [6, 6.07) is 7.76. The van der Waals surface area contributed by atoms with Gasteiger partial charge in [0.2, 0.25) is 23.7 Å². The van der Waals surface area contributed by atoms with E-state index >= 15 is 0 Å². The molecule has 1 unspecified atom stereocenters. The average Bonchev–Trinajstić information content (AvgIpc) is 3.86. The highest BCUT2D eigenvalue weighted by Crippen LogP contribution is 2.34. The van der Waals surface area contributed by atoms with Gasteiger partial charge in [0.05, 0.1) is 35.1 Å². The first-order valence-corrected chi connectivity index (χ1v) is 21.0. The highest BCUT2D eigenvalue weighted by atomic mass is 16.2. The molecule has 2 saturated heterocycles. The fraction of sp³-hybridized carbons (Fsp3) is 0.442. The molecule has 1 atom stereocenters. The number of unbranched alkanes of at least 4 members (excludes halogenated alkanes) is 1. The molecule has 5 amide bonds. The van der Waals surface area contributed by atoms with Gasteiger partial charge in [0.1, 0.15) is 17.5 Å². The molecule has 1 saturated carbocycles. The lowest BCUT2D eigenvalue weighted by Gasteiger charge is -2.35. The van der Waals surface area contributed by atoms with Gasteiger partial charge >= 0.3 is 0 Å². The molecule has 4 N–H and O–H groups in total. The number of benzene rings is 1. The Hall–Kier alpha value is -6.56. The largest absolute Gasteiger partial charge is 0.384 e. The zero-order valence-electron chi connectivity index (χ0n) is 34.3. The van der Waals surface area contributed by atoms with Crippen LogP contribution in [0, 0.1) is 6.92 Å². The van der Waals surface area contributed by atoms with E-state index in [1.54, 1.807) is 42.1 Å². The molecule has 0 spiro atoms. The molecule has 4 aliphatic rings. The van der Waals surface area contributed by atoms with Crippen molar-refractivity contribution in [3.63, 3.8) is 0 Å². The summed E-state index contributed by atoms with van der Waals surface area (Å²) in [5.74, 6) is -1.63. The Kier molecular flexibility index (Phi) is 11.9. The number of carbonyl (C=O) groups is 6. The number of carbonyl (C=O) groups excluding carboxylic acids is 6. The van der Waals surface area contributed by atoms with Gasteiger partial charge in [0.25, 0.3) is 17.4 Å². The smallest absolute Gasteiger partial charge is 0.264 e. The molecule has 3 aromatic heterocycles. The number of amides is 5. The van der Waals surface area contributed by atoms with Crippen molar-refractivity contribution in [1.29, 1.82) is 0 Å². The number of rotatable bonds is 14. The first-order valence-electron chi connectivity index (χ1n) is 21.0. The van der Waals surface area contributed by atoms with Gasteiger partial charge in [-0.05, 0) is 75.8 Å². The maximum Gasteiger partial charge on any atom is 0.264 e. The number of hydrogen-bond donors (Lipinski definition) is 4. The number of piperidine rings is 1. The minimum Gasteiger partial charge on any atom is -0.384 e. The van der Waals surface area contributed by atoms with Crippen LogP contribution in [-0.4, -0.2) is 116 Å². The van der Waals surface area contributed by atoms with Gasteiger partial charge in [-0.2, -0.15) is 4.98 Å². The van der Waals surface area contributed by atoms with Gasteiger partial charge in [-0.1, -0.05) is 18.9 Å². The fourth-order valence-electron chi connectivity index (χ4n) is 8.86. The van der Waals surface area contributed by atoms with Gasteiger partial charge in [0.15, 0.2) is 5.78 Å². The van der Waals surface area contributed by atoms with Gasteiger partial charge in [0, 0.05) is 69.0 Å². The van der Waals surface area contributed by atoms with E-state index in [0.717, 1.165) is 49.4 Å². The molecule has 1 aromatic carbocycles. The maximum absolute atomic E-state index is 13.6. The standard InChI is InChI=1S/C43H49N11O7/c1-25-30-23-47-43(50-38(30)53(27-8-3-4-9-27)41(60)36(25)26(2)55)48-33-14-12-28(22-46-33)52-20-18-51(19-21-52)24-35(57)45-17-6-5-16-44-31-11-7-10-29-37(31)42(61)54(40(29)59)32-13-15-34(56)49-39(32)58/h7,10-12,14,22-23,27,32,44H,3-6,8-9,13,15-21,24H2,1-2H3,(H,45,57)(H,49,56,58)(H,46,47,48,50). The van der Waals surface area contributed by atoms with Gasteiger partial charge < -0.3 is 20.9 Å². The van der Waals surface area contributed by atoms with Crippen LogP contribution < -0.4 is 31.7 Å². The summed E-state index contributed by atoms with van der Waals surface area (Å²) in [6.07, 6.45) is 8.78. The first-order chi connectivity index (χ1) is 29.5. The third-order valence-electron chi connectivity index (χ3n) is 12.1. The molecule has 18 nitrogen and oxygen atoms in total. The third-order valence-corrected chi connectivity index (χ3v) is 12.1. The minimum atomic E-state index is -1.02. The van der Waals surface area contributed by atoms with Crippen molar-refractivity contribution in [1.82, 2.24) is 40.0 Å². The molecule has 6 heterocycles. The van der Waals surface area contributed by atoms with Crippen LogP contribution in [0.25, 0.3) is 11.0 Å².